The van der Waals surface area contributed by atoms with Crippen molar-refractivity contribution in [3.63, 3.8) is 0 Å². The summed E-state index contributed by atoms with van der Waals surface area (Å²) in [5.74, 6) is 0.103. The normalized spacial score (nSPS) is 16.2. The molecule has 5 heteroatoms. The molecule has 0 unspecified atom stereocenters. The molecule has 0 bridgehead atoms. The Labute approximate surface area is 123 Å². The first-order valence-electron chi connectivity index (χ1n) is 6.29. The van der Waals surface area contributed by atoms with Gasteiger partial charge < -0.3 is 9.64 Å². The topological polar surface area (TPSA) is 29.5 Å². The van der Waals surface area contributed by atoms with E-state index in [-0.39, 0.29) is 12.0 Å². The van der Waals surface area contributed by atoms with E-state index < -0.39 is 0 Å². The van der Waals surface area contributed by atoms with Crippen molar-refractivity contribution in [2.24, 2.45) is 0 Å². The van der Waals surface area contributed by atoms with Crippen molar-refractivity contribution in [2.45, 2.75) is 18.9 Å². The zero-order chi connectivity index (χ0) is 13.7. The summed E-state index contributed by atoms with van der Waals surface area (Å²) in [4.78, 5) is 14.1. The third-order valence-electron chi connectivity index (χ3n) is 3.18. The Morgan fingerprint density at radius 1 is 1.32 bits per heavy atom. The fourth-order valence-electron chi connectivity index (χ4n) is 2.12. The van der Waals surface area contributed by atoms with Crippen molar-refractivity contribution in [3.8, 4) is 0 Å². The molecule has 1 aliphatic rings. The van der Waals surface area contributed by atoms with Crippen LogP contribution in [0.3, 0.4) is 0 Å². The predicted octanol–water partition coefficient (Wildman–Crippen LogP) is 2.96. The number of piperidine rings is 1. The third kappa shape index (κ3) is 3.94. The molecule has 2 rings (SSSR count). The standard InChI is InChI=1S/C14H17NO2S2/c1-19-14(18)17-12-7-9-15(10-8-12)13(16)11-5-3-2-4-6-11/h2-6,12H,7-10H2,1H3. The van der Waals surface area contributed by atoms with Gasteiger partial charge in [-0.15, -0.1) is 0 Å². The SMILES string of the molecule is CSC(=S)OC1CCN(C(=O)c2ccccc2)CC1. The van der Waals surface area contributed by atoms with E-state index in [9.17, 15) is 4.79 Å². The Bertz CT molecular complexity index is 442. The van der Waals surface area contributed by atoms with Gasteiger partial charge in [0.15, 0.2) is 0 Å². The minimum Gasteiger partial charge on any atom is -0.475 e. The zero-order valence-corrected chi connectivity index (χ0v) is 12.5. The lowest BCUT2D eigenvalue weighted by atomic mass is 10.1. The average Bonchev–Trinajstić information content (AvgIpc) is 2.48. The molecular formula is C14H17NO2S2. The first-order chi connectivity index (χ1) is 9.20. The second kappa shape index (κ2) is 6.91. The quantitative estimate of drug-likeness (QED) is 0.785. The van der Waals surface area contributed by atoms with Crippen molar-refractivity contribution >= 4 is 34.3 Å². The van der Waals surface area contributed by atoms with Crippen LogP contribution in [0.25, 0.3) is 0 Å². The molecule has 1 fully saturated rings. The summed E-state index contributed by atoms with van der Waals surface area (Å²) in [6.07, 6.45) is 3.76. The number of benzene rings is 1. The molecule has 1 aliphatic heterocycles. The number of thioether (sulfide) groups is 1. The minimum absolute atomic E-state index is 0.103. The largest absolute Gasteiger partial charge is 0.475 e. The van der Waals surface area contributed by atoms with E-state index in [2.05, 4.69) is 0 Å². The van der Waals surface area contributed by atoms with Gasteiger partial charge in [0.2, 0.25) is 4.38 Å². The Morgan fingerprint density at radius 3 is 2.53 bits per heavy atom. The molecule has 0 N–H and O–H groups in total. The summed E-state index contributed by atoms with van der Waals surface area (Å²) in [5, 5.41) is 0. The number of hydrogen-bond donors (Lipinski definition) is 0. The van der Waals surface area contributed by atoms with Crippen LogP contribution >= 0.6 is 24.0 Å². The number of carbonyl (C=O) groups is 1. The lowest BCUT2D eigenvalue weighted by Crippen LogP contribution is -2.41. The van der Waals surface area contributed by atoms with Gasteiger partial charge >= 0.3 is 0 Å². The fourth-order valence-corrected chi connectivity index (χ4v) is 2.49. The first-order valence-corrected chi connectivity index (χ1v) is 7.93. The zero-order valence-electron chi connectivity index (χ0n) is 10.9. The Balaban J connectivity index is 1.86. The number of rotatable bonds is 2. The van der Waals surface area contributed by atoms with Crippen LogP contribution in [0.5, 0.6) is 0 Å². The summed E-state index contributed by atoms with van der Waals surface area (Å²) in [6.45, 7) is 1.46. The van der Waals surface area contributed by atoms with Crippen LogP contribution in [0, 0.1) is 0 Å². The highest BCUT2D eigenvalue weighted by Crippen LogP contribution is 2.18. The van der Waals surface area contributed by atoms with Gasteiger partial charge in [-0.1, -0.05) is 30.0 Å². The first kappa shape index (κ1) is 14.3. The molecule has 19 heavy (non-hydrogen) atoms. The molecule has 0 spiro atoms. The Morgan fingerprint density at radius 2 is 1.95 bits per heavy atom. The Kier molecular flexibility index (Phi) is 5.22. The van der Waals surface area contributed by atoms with E-state index in [0.29, 0.717) is 4.38 Å². The van der Waals surface area contributed by atoms with E-state index in [1.165, 1.54) is 11.8 Å². The van der Waals surface area contributed by atoms with Crippen LogP contribution in [0.2, 0.25) is 0 Å². The molecule has 0 atom stereocenters. The maximum atomic E-state index is 12.2. The molecule has 1 saturated heterocycles. The summed E-state index contributed by atoms with van der Waals surface area (Å²) in [6, 6.07) is 9.40. The highest BCUT2D eigenvalue weighted by Gasteiger charge is 2.24. The highest BCUT2D eigenvalue weighted by atomic mass is 32.2. The molecule has 0 aromatic heterocycles. The van der Waals surface area contributed by atoms with Crippen LogP contribution < -0.4 is 0 Å². The van der Waals surface area contributed by atoms with Crippen molar-refractivity contribution < 1.29 is 9.53 Å². The van der Waals surface area contributed by atoms with Crippen LogP contribution in [-0.4, -0.2) is 40.6 Å². The molecule has 0 saturated carbocycles. The fraction of sp³-hybridized carbons (Fsp3) is 0.429. The summed E-state index contributed by atoms with van der Waals surface area (Å²) in [5.41, 5.74) is 0.751. The number of likely N-dealkylation sites (tertiary alicyclic amines) is 1. The van der Waals surface area contributed by atoms with E-state index >= 15 is 0 Å². The summed E-state index contributed by atoms with van der Waals surface area (Å²) < 4.78 is 6.22. The van der Waals surface area contributed by atoms with E-state index in [1.807, 2.05) is 41.5 Å². The van der Waals surface area contributed by atoms with E-state index in [0.717, 1.165) is 31.5 Å². The van der Waals surface area contributed by atoms with Gasteiger partial charge in [-0.25, -0.2) is 0 Å². The lowest BCUT2D eigenvalue weighted by Gasteiger charge is -2.32. The van der Waals surface area contributed by atoms with Crippen molar-refractivity contribution in [2.75, 3.05) is 19.3 Å². The monoisotopic (exact) mass is 295 g/mol. The lowest BCUT2D eigenvalue weighted by molar-refractivity contribution is 0.0589. The van der Waals surface area contributed by atoms with Crippen LogP contribution in [0.1, 0.15) is 23.2 Å². The number of nitrogens with zero attached hydrogens (tertiary/aromatic N) is 1. The molecule has 1 heterocycles. The molecule has 1 aromatic rings. The van der Waals surface area contributed by atoms with E-state index in [4.69, 9.17) is 17.0 Å². The van der Waals surface area contributed by atoms with Crippen LogP contribution in [-0.2, 0) is 4.74 Å². The van der Waals surface area contributed by atoms with Crippen LogP contribution in [0.15, 0.2) is 30.3 Å². The maximum absolute atomic E-state index is 12.2. The number of thiocarbonyl (C=S) groups is 1. The summed E-state index contributed by atoms with van der Waals surface area (Å²) in [7, 11) is 0. The molecule has 3 nitrogen and oxygen atoms in total. The Hall–Kier alpha value is -1.07. The number of amides is 1. The molecule has 1 amide bonds. The van der Waals surface area contributed by atoms with Gasteiger partial charge in [0, 0.05) is 31.5 Å². The average molecular weight is 295 g/mol. The van der Waals surface area contributed by atoms with Gasteiger partial charge in [0.1, 0.15) is 6.10 Å². The second-order valence-electron chi connectivity index (χ2n) is 4.43. The smallest absolute Gasteiger partial charge is 0.253 e. The summed E-state index contributed by atoms with van der Waals surface area (Å²) >= 11 is 6.50. The molecule has 102 valence electrons. The number of ether oxygens (including phenoxy) is 1. The molecular weight excluding hydrogens is 278 g/mol. The van der Waals surface area contributed by atoms with E-state index in [1.54, 1.807) is 0 Å². The molecule has 1 aromatic carbocycles. The molecule has 0 radical (unpaired) electrons. The minimum atomic E-state index is 0.103. The third-order valence-corrected chi connectivity index (χ3v) is 4.21. The number of hydrogen-bond acceptors (Lipinski definition) is 4. The van der Waals surface area contributed by atoms with Gasteiger partial charge in [-0.3, -0.25) is 4.79 Å². The maximum Gasteiger partial charge on any atom is 0.253 e. The van der Waals surface area contributed by atoms with Crippen LogP contribution in [0.4, 0.5) is 0 Å². The van der Waals surface area contributed by atoms with Crippen molar-refractivity contribution in [1.82, 2.24) is 4.90 Å². The predicted molar refractivity (Wildman–Crippen MR) is 82.6 cm³/mol. The van der Waals surface area contributed by atoms with Gasteiger partial charge in [0.25, 0.3) is 5.91 Å². The van der Waals surface area contributed by atoms with Crippen molar-refractivity contribution in [3.05, 3.63) is 35.9 Å². The second-order valence-corrected chi connectivity index (χ2v) is 5.84. The van der Waals surface area contributed by atoms with Gasteiger partial charge in [-0.05, 0) is 30.6 Å². The number of carbonyl (C=O) groups excluding carboxylic acids is 1. The highest BCUT2D eigenvalue weighted by molar-refractivity contribution is 8.22. The van der Waals surface area contributed by atoms with Crippen molar-refractivity contribution in [1.29, 1.82) is 0 Å². The molecule has 0 aliphatic carbocycles. The van der Waals surface area contributed by atoms with Gasteiger partial charge in [-0.2, -0.15) is 0 Å². The van der Waals surface area contributed by atoms with Gasteiger partial charge in [0.05, 0.1) is 0 Å².